The summed E-state index contributed by atoms with van der Waals surface area (Å²) in [6.07, 6.45) is -0.609. The number of halogens is 1. The first-order valence-electron chi connectivity index (χ1n) is 5.36. The third kappa shape index (κ3) is 2.08. The van der Waals surface area contributed by atoms with Gasteiger partial charge in [0.15, 0.2) is 0 Å². The van der Waals surface area contributed by atoms with E-state index in [4.69, 9.17) is 16.3 Å². The van der Waals surface area contributed by atoms with Gasteiger partial charge in [0.05, 0.1) is 23.9 Å². The summed E-state index contributed by atoms with van der Waals surface area (Å²) in [5, 5.41) is 11.1. The van der Waals surface area contributed by atoms with Crippen molar-refractivity contribution in [2.75, 3.05) is 7.11 Å². The highest BCUT2D eigenvalue weighted by Crippen LogP contribution is 2.33. The maximum atomic E-state index is 9.60. The van der Waals surface area contributed by atoms with E-state index in [1.807, 2.05) is 13.0 Å². The topological polar surface area (TPSA) is 42.4 Å². The fourth-order valence-corrected chi connectivity index (χ4v) is 2.17. The summed E-state index contributed by atoms with van der Waals surface area (Å²) in [5.41, 5.74) is 2.29. The van der Waals surface area contributed by atoms with E-state index in [9.17, 15) is 5.11 Å². The van der Waals surface area contributed by atoms with Crippen molar-refractivity contribution in [2.24, 2.45) is 0 Å². The van der Waals surface area contributed by atoms with Gasteiger partial charge in [-0.1, -0.05) is 11.6 Å². The molecule has 0 saturated heterocycles. The van der Waals surface area contributed by atoms with Crippen molar-refractivity contribution in [3.63, 3.8) is 0 Å². The first-order chi connectivity index (χ1) is 8.04. The van der Waals surface area contributed by atoms with Gasteiger partial charge in [0.25, 0.3) is 0 Å². The Balaban J connectivity index is 2.85. The quantitative estimate of drug-likeness (QED) is 0.891. The van der Waals surface area contributed by atoms with Gasteiger partial charge in [0, 0.05) is 5.39 Å². The summed E-state index contributed by atoms with van der Waals surface area (Å²) < 4.78 is 5.27. The molecule has 0 aliphatic carbocycles. The molecule has 0 radical (unpaired) electrons. The van der Waals surface area contributed by atoms with Crippen LogP contribution in [0.25, 0.3) is 10.9 Å². The molecule has 1 N–H and O–H groups in total. The molecule has 90 valence electrons. The number of hydrogen-bond donors (Lipinski definition) is 1. The van der Waals surface area contributed by atoms with E-state index in [1.54, 1.807) is 26.2 Å². The Morgan fingerprint density at radius 3 is 2.71 bits per heavy atom. The highest BCUT2D eigenvalue weighted by molar-refractivity contribution is 6.35. The smallest absolute Gasteiger partial charge is 0.145 e. The zero-order chi connectivity index (χ0) is 12.6. The molecule has 0 fully saturated rings. The molecule has 0 bridgehead atoms. The van der Waals surface area contributed by atoms with E-state index < -0.39 is 6.10 Å². The van der Waals surface area contributed by atoms with Gasteiger partial charge in [-0.2, -0.15) is 0 Å². The highest BCUT2D eigenvalue weighted by Gasteiger charge is 2.13. The molecule has 1 aromatic heterocycles. The fraction of sp³-hybridized carbons (Fsp3) is 0.308. The number of hydrogen-bond acceptors (Lipinski definition) is 3. The lowest BCUT2D eigenvalue weighted by atomic mass is 10.1. The second kappa shape index (κ2) is 4.51. The number of aryl methyl sites for hydroxylation is 1. The molecular weight excluding hydrogens is 238 g/mol. The summed E-state index contributed by atoms with van der Waals surface area (Å²) in [4.78, 5) is 4.41. The van der Waals surface area contributed by atoms with E-state index in [2.05, 4.69) is 4.98 Å². The van der Waals surface area contributed by atoms with Crippen molar-refractivity contribution >= 4 is 22.5 Å². The minimum absolute atomic E-state index is 0.609. The first kappa shape index (κ1) is 12.1. The lowest BCUT2D eigenvalue weighted by molar-refractivity contribution is 0.194. The number of aliphatic hydroxyl groups excluding tert-OH is 1. The molecule has 1 unspecified atom stereocenters. The molecule has 17 heavy (non-hydrogen) atoms. The van der Waals surface area contributed by atoms with Gasteiger partial charge >= 0.3 is 0 Å². The Kier molecular flexibility index (Phi) is 3.22. The fourth-order valence-electron chi connectivity index (χ4n) is 1.87. The number of aromatic nitrogens is 1. The van der Waals surface area contributed by atoms with Crippen LogP contribution in [0.5, 0.6) is 5.75 Å². The van der Waals surface area contributed by atoms with Gasteiger partial charge in [-0.3, -0.25) is 0 Å². The summed E-state index contributed by atoms with van der Waals surface area (Å²) in [6.45, 7) is 3.63. The number of fused-ring (bicyclic) bond motifs is 1. The Bertz CT molecular complexity index is 567. The van der Waals surface area contributed by atoms with Crippen LogP contribution < -0.4 is 4.74 Å². The molecule has 2 aromatic rings. The standard InChI is InChI=1S/C13H14ClNO2/c1-7-6-10(8(2)16)15-13-11(17-3)5-4-9(14)12(7)13/h4-6,8,16H,1-3H3. The minimum atomic E-state index is -0.609. The number of pyridine rings is 1. The summed E-state index contributed by atoms with van der Waals surface area (Å²) in [6, 6.07) is 5.42. The number of benzene rings is 1. The predicted octanol–water partition coefficient (Wildman–Crippen LogP) is 3.26. The van der Waals surface area contributed by atoms with Crippen molar-refractivity contribution in [1.82, 2.24) is 4.98 Å². The van der Waals surface area contributed by atoms with Crippen LogP contribution >= 0.6 is 11.6 Å². The predicted molar refractivity (Wildman–Crippen MR) is 68.7 cm³/mol. The van der Waals surface area contributed by atoms with E-state index in [1.165, 1.54) is 0 Å². The molecule has 0 saturated carbocycles. The Hall–Kier alpha value is -1.32. The van der Waals surface area contributed by atoms with Crippen molar-refractivity contribution in [3.05, 3.63) is 34.5 Å². The lowest BCUT2D eigenvalue weighted by Crippen LogP contribution is -1.99. The van der Waals surface area contributed by atoms with Crippen LogP contribution in [-0.2, 0) is 0 Å². The number of aliphatic hydroxyl groups is 1. The van der Waals surface area contributed by atoms with Gasteiger partial charge in [-0.15, -0.1) is 0 Å². The minimum Gasteiger partial charge on any atom is -0.494 e. The number of ether oxygens (including phenoxy) is 1. The molecular formula is C13H14ClNO2. The molecule has 1 aromatic carbocycles. The van der Waals surface area contributed by atoms with E-state index in [0.29, 0.717) is 22.0 Å². The van der Waals surface area contributed by atoms with Gasteiger partial charge in [0.1, 0.15) is 11.3 Å². The second-order valence-electron chi connectivity index (χ2n) is 4.01. The third-order valence-electron chi connectivity index (χ3n) is 2.74. The maximum Gasteiger partial charge on any atom is 0.145 e. The zero-order valence-electron chi connectivity index (χ0n) is 9.99. The Labute approximate surface area is 105 Å². The first-order valence-corrected chi connectivity index (χ1v) is 5.74. The number of rotatable bonds is 2. The number of methoxy groups -OCH3 is 1. The van der Waals surface area contributed by atoms with E-state index in [-0.39, 0.29) is 0 Å². The molecule has 1 heterocycles. The average Bonchev–Trinajstić information content (AvgIpc) is 2.28. The van der Waals surface area contributed by atoms with Gasteiger partial charge in [-0.05, 0) is 37.6 Å². The van der Waals surface area contributed by atoms with Crippen LogP contribution in [0.4, 0.5) is 0 Å². The Morgan fingerprint density at radius 1 is 1.41 bits per heavy atom. The molecule has 2 rings (SSSR count). The van der Waals surface area contributed by atoms with Crippen LogP contribution in [0.3, 0.4) is 0 Å². The van der Waals surface area contributed by atoms with E-state index >= 15 is 0 Å². The van der Waals surface area contributed by atoms with Gasteiger partial charge in [0.2, 0.25) is 0 Å². The van der Waals surface area contributed by atoms with Gasteiger partial charge < -0.3 is 9.84 Å². The van der Waals surface area contributed by atoms with Gasteiger partial charge in [-0.25, -0.2) is 4.98 Å². The molecule has 3 nitrogen and oxygen atoms in total. The number of nitrogens with zero attached hydrogens (tertiary/aromatic N) is 1. The lowest BCUT2D eigenvalue weighted by Gasteiger charge is -2.12. The van der Waals surface area contributed by atoms with Crippen LogP contribution in [0.1, 0.15) is 24.3 Å². The summed E-state index contributed by atoms with van der Waals surface area (Å²) in [7, 11) is 1.59. The third-order valence-corrected chi connectivity index (χ3v) is 3.05. The van der Waals surface area contributed by atoms with Crippen molar-refractivity contribution in [3.8, 4) is 5.75 Å². The monoisotopic (exact) mass is 251 g/mol. The van der Waals surface area contributed by atoms with Crippen LogP contribution in [0.15, 0.2) is 18.2 Å². The molecule has 0 aliphatic heterocycles. The molecule has 0 aliphatic rings. The molecule has 0 amide bonds. The highest BCUT2D eigenvalue weighted by atomic mass is 35.5. The van der Waals surface area contributed by atoms with Crippen LogP contribution in [0.2, 0.25) is 5.02 Å². The second-order valence-corrected chi connectivity index (χ2v) is 4.42. The maximum absolute atomic E-state index is 9.60. The average molecular weight is 252 g/mol. The Morgan fingerprint density at radius 2 is 2.12 bits per heavy atom. The van der Waals surface area contributed by atoms with E-state index in [0.717, 1.165) is 10.9 Å². The molecule has 0 spiro atoms. The zero-order valence-corrected chi connectivity index (χ0v) is 10.7. The van der Waals surface area contributed by atoms with Crippen molar-refractivity contribution < 1.29 is 9.84 Å². The SMILES string of the molecule is COc1ccc(Cl)c2c(C)cc(C(C)O)nc12. The largest absolute Gasteiger partial charge is 0.494 e. The summed E-state index contributed by atoms with van der Waals surface area (Å²) >= 11 is 6.17. The molecule has 1 atom stereocenters. The van der Waals surface area contributed by atoms with Crippen LogP contribution in [0, 0.1) is 6.92 Å². The van der Waals surface area contributed by atoms with Crippen molar-refractivity contribution in [1.29, 1.82) is 0 Å². The molecule has 4 heteroatoms. The van der Waals surface area contributed by atoms with Crippen molar-refractivity contribution in [2.45, 2.75) is 20.0 Å². The normalized spacial score (nSPS) is 12.8. The summed E-state index contributed by atoms with van der Waals surface area (Å²) in [5.74, 6) is 0.662. The van der Waals surface area contributed by atoms with Crippen LogP contribution in [-0.4, -0.2) is 17.2 Å².